The first-order valence-corrected chi connectivity index (χ1v) is 5.10. The smallest absolute Gasteiger partial charge is 0.337 e. The highest BCUT2D eigenvalue weighted by Crippen LogP contribution is 2.18. The third-order valence-corrected chi connectivity index (χ3v) is 2.12. The Labute approximate surface area is 94.9 Å². The van der Waals surface area contributed by atoms with Crippen LogP contribution in [0.25, 0.3) is 0 Å². The summed E-state index contributed by atoms with van der Waals surface area (Å²) in [5, 5.41) is 21.5. The number of benzene rings is 1. The Kier molecular flexibility index (Phi) is 3.55. The van der Waals surface area contributed by atoms with Crippen LogP contribution in [0.1, 0.15) is 29.8 Å². The summed E-state index contributed by atoms with van der Waals surface area (Å²) in [5.41, 5.74) is 0.774. The van der Waals surface area contributed by atoms with Gasteiger partial charge in [-0.1, -0.05) is 11.6 Å². The molecule has 16 heavy (non-hydrogen) atoms. The standard InChI is InChI=1S/C12H17NO3/c1-8-4-5-10(9(6-8)11(14)15)13-7-12(2,3)16/h4-6,13,16H,7H2,1-3H3,(H,14,15). The lowest BCUT2D eigenvalue weighted by Crippen LogP contribution is -2.29. The molecule has 88 valence electrons. The quantitative estimate of drug-likeness (QED) is 0.729. The Morgan fingerprint density at radius 1 is 1.44 bits per heavy atom. The first-order valence-electron chi connectivity index (χ1n) is 5.10. The van der Waals surface area contributed by atoms with Crippen LogP contribution in [0.4, 0.5) is 5.69 Å². The van der Waals surface area contributed by atoms with Crippen LogP contribution in [0.15, 0.2) is 18.2 Å². The number of carboxylic acids is 1. The van der Waals surface area contributed by atoms with E-state index in [1.807, 2.05) is 13.0 Å². The second kappa shape index (κ2) is 4.53. The second-order valence-corrected chi connectivity index (χ2v) is 4.52. The van der Waals surface area contributed by atoms with Crippen LogP contribution in [0, 0.1) is 6.92 Å². The largest absolute Gasteiger partial charge is 0.478 e. The minimum absolute atomic E-state index is 0.226. The first-order chi connectivity index (χ1) is 7.29. The molecule has 4 heteroatoms. The summed E-state index contributed by atoms with van der Waals surface area (Å²) < 4.78 is 0. The highest BCUT2D eigenvalue weighted by atomic mass is 16.4. The van der Waals surface area contributed by atoms with Gasteiger partial charge in [-0.15, -0.1) is 0 Å². The van der Waals surface area contributed by atoms with Gasteiger partial charge >= 0.3 is 5.97 Å². The molecule has 0 aliphatic heterocycles. The van der Waals surface area contributed by atoms with Crippen LogP contribution in [-0.2, 0) is 0 Å². The maximum atomic E-state index is 11.0. The number of carboxylic acid groups (broad SMARTS) is 1. The van der Waals surface area contributed by atoms with Gasteiger partial charge in [-0.2, -0.15) is 0 Å². The normalized spacial score (nSPS) is 11.2. The van der Waals surface area contributed by atoms with Crippen molar-refractivity contribution < 1.29 is 15.0 Å². The molecule has 0 spiro atoms. The van der Waals surface area contributed by atoms with Crippen molar-refractivity contribution in [1.29, 1.82) is 0 Å². The lowest BCUT2D eigenvalue weighted by atomic mass is 10.1. The van der Waals surface area contributed by atoms with E-state index in [2.05, 4.69) is 5.32 Å². The van der Waals surface area contributed by atoms with E-state index < -0.39 is 11.6 Å². The number of aliphatic hydroxyl groups is 1. The molecule has 0 atom stereocenters. The SMILES string of the molecule is Cc1ccc(NCC(C)(C)O)c(C(=O)O)c1. The number of aryl methyl sites for hydroxylation is 1. The maximum absolute atomic E-state index is 11.0. The molecule has 1 rings (SSSR count). The maximum Gasteiger partial charge on any atom is 0.337 e. The Hall–Kier alpha value is -1.55. The average Bonchev–Trinajstić information content (AvgIpc) is 2.14. The highest BCUT2D eigenvalue weighted by molar-refractivity contribution is 5.94. The van der Waals surface area contributed by atoms with Crippen molar-refractivity contribution in [2.75, 3.05) is 11.9 Å². The van der Waals surface area contributed by atoms with Gasteiger partial charge in [0.15, 0.2) is 0 Å². The van der Waals surface area contributed by atoms with Gasteiger partial charge in [0.2, 0.25) is 0 Å². The average molecular weight is 223 g/mol. The Morgan fingerprint density at radius 3 is 2.56 bits per heavy atom. The molecule has 0 aliphatic carbocycles. The molecular formula is C12H17NO3. The fourth-order valence-corrected chi connectivity index (χ4v) is 1.30. The molecular weight excluding hydrogens is 206 g/mol. The van der Waals surface area contributed by atoms with Gasteiger partial charge in [0.05, 0.1) is 11.2 Å². The highest BCUT2D eigenvalue weighted by Gasteiger charge is 2.15. The van der Waals surface area contributed by atoms with Crippen molar-refractivity contribution in [3.05, 3.63) is 29.3 Å². The fourth-order valence-electron chi connectivity index (χ4n) is 1.30. The molecule has 3 N–H and O–H groups in total. The minimum Gasteiger partial charge on any atom is -0.478 e. The predicted molar refractivity (Wildman–Crippen MR) is 62.9 cm³/mol. The summed E-state index contributed by atoms with van der Waals surface area (Å²) in [7, 11) is 0. The van der Waals surface area contributed by atoms with E-state index in [1.54, 1.807) is 26.0 Å². The lowest BCUT2D eigenvalue weighted by molar-refractivity contribution is 0.0696. The molecule has 0 aliphatic rings. The van der Waals surface area contributed by atoms with Gasteiger partial charge in [-0.05, 0) is 32.9 Å². The molecule has 0 radical (unpaired) electrons. The van der Waals surface area contributed by atoms with Crippen molar-refractivity contribution in [2.45, 2.75) is 26.4 Å². The molecule has 0 unspecified atom stereocenters. The summed E-state index contributed by atoms with van der Waals surface area (Å²) in [5.74, 6) is -0.970. The number of aromatic carboxylic acids is 1. The molecule has 0 saturated heterocycles. The van der Waals surface area contributed by atoms with Crippen molar-refractivity contribution in [3.8, 4) is 0 Å². The molecule has 1 aromatic carbocycles. The topological polar surface area (TPSA) is 69.6 Å². The third-order valence-electron chi connectivity index (χ3n) is 2.12. The van der Waals surface area contributed by atoms with E-state index in [-0.39, 0.29) is 5.56 Å². The summed E-state index contributed by atoms with van der Waals surface area (Å²) >= 11 is 0. The van der Waals surface area contributed by atoms with Gasteiger partial charge in [0.25, 0.3) is 0 Å². The van der Waals surface area contributed by atoms with E-state index >= 15 is 0 Å². The fraction of sp³-hybridized carbons (Fsp3) is 0.417. The molecule has 4 nitrogen and oxygen atoms in total. The van der Waals surface area contributed by atoms with E-state index in [1.165, 1.54) is 0 Å². The van der Waals surface area contributed by atoms with Crippen molar-refractivity contribution >= 4 is 11.7 Å². The van der Waals surface area contributed by atoms with Crippen LogP contribution in [0.5, 0.6) is 0 Å². The molecule has 0 saturated carbocycles. The number of anilines is 1. The van der Waals surface area contributed by atoms with Crippen molar-refractivity contribution in [1.82, 2.24) is 0 Å². The first kappa shape index (κ1) is 12.5. The molecule has 0 heterocycles. The summed E-state index contributed by atoms with van der Waals surface area (Å²) in [4.78, 5) is 11.0. The van der Waals surface area contributed by atoms with Gasteiger partial charge in [-0.3, -0.25) is 0 Å². The summed E-state index contributed by atoms with van der Waals surface area (Å²) in [6, 6.07) is 5.15. The van der Waals surface area contributed by atoms with E-state index in [9.17, 15) is 9.90 Å². The number of rotatable bonds is 4. The summed E-state index contributed by atoms with van der Waals surface area (Å²) in [6.45, 7) is 5.46. The van der Waals surface area contributed by atoms with Crippen LogP contribution < -0.4 is 5.32 Å². The van der Waals surface area contributed by atoms with Crippen LogP contribution in [0.2, 0.25) is 0 Å². The van der Waals surface area contributed by atoms with Gasteiger partial charge in [0, 0.05) is 12.2 Å². The van der Waals surface area contributed by atoms with Crippen LogP contribution in [0.3, 0.4) is 0 Å². The lowest BCUT2D eigenvalue weighted by Gasteiger charge is -2.19. The van der Waals surface area contributed by atoms with Crippen LogP contribution >= 0.6 is 0 Å². The van der Waals surface area contributed by atoms with Gasteiger partial charge in [-0.25, -0.2) is 4.79 Å². The minimum atomic E-state index is -0.970. The van der Waals surface area contributed by atoms with Crippen LogP contribution in [-0.4, -0.2) is 28.3 Å². The van der Waals surface area contributed by atoms with E-state index in [0.29, 0.717) is 12.2 Å². The number of hydrogen-bond acceptors (Lipinski definition) is 3. The van der Waals surface area contributed by atoms with Crippen molar-refractivity contribution in [2.24, 2.45) is 0 Å². The number of nitrogens with one attached hydrogen (secondary N) is 1. The second-order valence-electron chi connectivity index (χ2n) is 4.52. The molecule has 0 bridgehead atoms. The van der Waals surface area contributed by atoms with Crippen molar-refractivity contribution in [3.63, 3.8) is 0 Å². The zero-order valence-corrected chi connectivity index (χ0v) is 9.74. The Morgan fingerprint density at radius 2 is 2.06 bits per heavy atom. The predicted octanol–water partition coefficient (Wildman–Crippen LogP) is 1.88. The molecule has 1 aromatic rings. The van der Waals surface area contributed by atoms with E-state index in [4.69, 9.17) is 5.11 Å². The summed E-state index contributed by atoms with van der Waals surface area (Å²) in [6.07, 6.45) is 0. The molecule has 0 fully saturated rings. The zero-order chi connectivity index (χ0) is 12.3. The number of carbonyl (C=O) groups is 1. The number of hydrogen-bond donors (Lipinski definition) is 3. The van der Waals surface area contributed by atoms with E-state index in [0.717, 1.165) is 5.56 Å². The molecule has 0 amide bonds. The Bertz CT molecular complexity index is 394. The zero-order valence-electron chi connectivity index (χ0n) is 9.74. The van der Waals surface area contributed by atoms with Gasteiger partial charge in [0.1, 0.15) is 0 Å². The molecule has 0 aromatic heterocycles. The van der Waals surface area contributed by atoms with Gasteiger partial charge < -0.3 is 15.5 Å². The Balaban J connectivity index is 2.91. The third kappa shape index (κ3) is 3.55. The monoisotopic (exact) mass is 223 g/mol.